The fraction of sp³-hybridized carbons (Fsp3) is 0.867. The van der Waals surface area contributed by atoms with Crippen molar-refractivity contribution in [3.05, 3.63) is 0 Å². The molecule has 16 heteroatoms. The number of carbonyl (C=O) groups excluding carboxylic acids is 4. The number of amides is 6. The summed E-state index contributed by atoms with van der Waals surface area (Å²) in [4.78, 5) is 46.5. The Morgan fingerprint density at radius 2 is 0.674 bits per heavy atom. The maximum Gasteiger partial charge on any atom is 0.407 e. The summed E-state index contributed by atoms with van der Waals surface area (Å²) in [7, 11) is 0. The van der Waals surface area contributed by atoms with Crippen molar-refractivity contribution in [2.45, 2.75) is 79.4 Å². The van der Waals surface area contributed by atoms with E-state index in [-0.39, 0.29) is 12.1 Å². The number of hydrogen-bond acceptors (Lipinski definition) is 10. The normalized spacial score (nSPS) is 11.0. The Bertz CT molecular complexity index is 727. The highest BCUT2D eigenvalue weighted by Gasteiger charge is 2.16. The van der Waals surface area contributed by atoms with E-state index < -0.39 is 23.4 Å². The van der Waals surface area contributed by atoms with Crippen LogP contribution in [-0.2, 0) is 28.4 Å². The molecule has 0 radical (unpaired) electrons. The molecule has 0 saturated heterocycles. The Morgan fingerprint density at radius 3 is 0.957 bits per heavy atom. The zero-order valence-electron chi connectivity index (χ0n) is 29.4. The van der Waals surface area contributed by atoms with Crippen LogP contribution in [0.15, 0.2) is 0 Å². The highest BCUT2D eigenvalue weighted by Crippen LogP contribution is 2.06. The monoisotopic (exact) mass is 666 g/mol. The van der Waals surface area contributed by atoms with Gasteiger partial charge >= 0.3 is 24.2 Å². The largest absolute Gasteiger partial charge is 0.444 e. The molecule has 0 aliphatic rings. The van der Waals surface area contributed by atoms with E-state index in [9.17, 15) is 19.2 Å². The Kier molecular flexibility index (Phi) is 28.7. The second kappa shape index (κ2) is 29.3. The van der Waals surface area contributed by atoms with Gasteiger partial charge in [-0.05, 0) is 54.4 Å². The smallest absolute Gasteiger partial charge is 0.407 e. The zero-order valence-corrected chi connectivity index (χ0v) is 29.4. The molecule has 272 valence electrons. The fourth-order valence-corrected chi connectivity index (χ4v) is 2.98. The van der Waals surface area contributed by atoms with Crippen LogP contribution in [0.3, 0.4) is 0 Å². The molecular formula is C30H62N6O10. The summed E-state index contributed by atoms with van der Waals surface area (Å²) in [5.41, 5.74) is -1.07. The summed E-state index contributed by atoms with van der Waals surface area (Å²) < 4.78 is 31.7. The number of alkyl carbamates (subject to hydrolysis) is 2. The first-order valence-corrected chi connectivity index (χ1v) is 16.1. The third-order valence-electron chi connectivity index (χ3n) is 4.81. The third-order valence-corrected chi connectivity index (χ3v) is 4.81. The molecule has 0 aromatic carbocycles. The number of rotatable bonds is 23. The molecule has 46 heavy (non-hydrogen) atoms. The molecule has 16 nitrogen and oxygen atoms in total. The molecule has 0 aromatic rings. The molecule has 0 bridgehead atoms. The van der Waals surface area contributed by atoms with Crippen LogP contribution in [0.4, 0.5) is 19.2 Å². The van der Waals surface area contributed by atoms with Crippen LogP contribution >= 0.6 is 0 Å². The quantitative estimate of drug-likeness (QED) is 0.0882. The van der Waals surface area contributed by atoms with Crippen molar-refractivity contribution in [2.24, 2.45) is 0 Å². The first-order valence-electron chi connectivity index (χ1n) is 16.1. The van der Waals surface area contributed by atoms with Crippen molar-refractivity contribution < 1.29 is 47.6 Å². The molecule has 0 rings (SSSR count). The molecule has 0 aliphatic heterocycles. The number of unbranched alkanes of at least 4 members (excludes halogenated alkanes) is 1. The van der Waals surface area contributed by atoms with Crippen molar-refractivity contribution in [1.82, 2.24) is 31.9 Å². The van der Waals surface area contributed by atoms with E-state index in [4.69, 9.17) is 28.4 Å². The number of ether oxygens (including phenoxy) is 6. The number of urea groups is 2. The maximum atomic E-state index is 11.8. The molecule has 0 fully saturated rings. The van der Waals surface area contributed by atoms with Gasteiger partial charge in [-0.3, -0.25) is 0 Å². The first-order chi connectivity index (χ1) is 21.8. The van der Waals surface area contributed by atoms with E-state index in [0.717, 1.165) is 0 Å². The van der Waals surface area contributed by atoms with E-state index in [1.807, 2.05) is 13.8 Å². The Hall–Kier alpha value is -3.08. The number of hydrogen-bond donors (Lipinski definition) is 6. The summed E-state index contributed by atoms with van der Waals surface area (Å²) in [6.07, 6.45) is 0.453. The van der Waals surface area contributed by atoms with Gasteiger partial charge in [0, 0.05) is 39.3 Å². The van der Waals surface area contributed by atoms with Gasteiger partial charge in [-0.25, -0.2) is 19.2 Å². The average molecular weight is 667 g/mol. The fourth-order valence-electron chi connectivity index (χ4n) is 2.98. The standard InChI is InChI=1S/C28H56N6O10.C2H6/c1-27(2,3)43-25(37)33-13-17-41-21-19-39-15-11-31-23(35)29-9-7-8-10-30-24(36)32-12-16-40-20-22-42-18-14-34-26(38)44-28(4,5)6;1-2/h7-22H2,1-6H3,(H,33,37)(H,34,38)(H2,29,31,35)(H2,30,32,36);1-2H3. The predicted octanol–water partition coefficient (Wildman–Crippen LogP) is 2.51. The summed E-state index contributed by atoms with van der Waals surface area (Å²) in [6.45, 7) is 20.0. The molecule has 0 atom stereocenters. The lowest BCUT2D eigenvalue weighted by molar-refractivity contribution is 0.0400. The Balaban J connectivity index is 0. The van der Waals surface area contributed by atoms with E-state index >= 15 is 0 Å². The van der Waals surface area contributed by atoms with Gasteiger partial charge in [0.15, 0.2) is 0 Å². The second-order valence-electron chi connectivity index (χ2n) is 11.4. The number of carbonyl (C=O) groups is 4. The zero-order chi connectivity index (χ0) is 35.1. The van der Waals surface area contributed by atoms with E-state index in [0.29, 0.717) is 105 Å². The van der Waals surface area contributed by atoms with Crippen LogP contribution in [0.5, 0.6) is 0 Å². The van der Waals surface area contributed by atoms with Crippen LogP contribution in [0, 0.1) is 0 Å². The SMILES string of the molecule is CC.CC(C)(C)OC(=O)NCCOCCOCCNC(=O)NCCCCNC(=O)NCCOCCOCCNC(=O)OC(C)(C)C. The minimum atomic E-state index is -0.537. The Morgan fingerprint density at radius 1 is 0.413 bits per heavy atom. The van der Waals surface area contributed by atoms with Crippen LogP contribution in [0.25, 0.3) is 0 Å². The molecule has 0 aliphatic carbocycles. The predicted molar refractivity (Wildman–Crippen MR) is 175 cm³/mol. The molecule has 0 spiro atoms. The molecule has 0 unspecified atom stereocenters. The topological polar surface area (TPSA) is 196 Å². The maximum absolute atomic E-state index is 11.8. The van der Waals surface area contributed by atoms with Gasteiger partial charge < -0.3 is 60.3 Å². The van der Waals surface area contributed by atoms with Gasteiger partial charge in [-0.15, -0.1) is 0 Å². The van der Waals surface area contributed by atoms with Crippen molar-refractivity contribution in [3.8, 4) is 0 Å². The van der Waals surface area contributed by atoms with Crippen molar-refractivity contribution in [1.29, 1.82) is 0 Å². The summed E-state index contributed by atoms with van der Waals surface area (Å²) in [6, 6.07) is -0.571. The summed E-state index contributed by atoms with van der Waals surface area (Å²) in [5, 5.41) is 16.1. The average Bonchev–Trinajstić information content (AvgIpc) is 2.96. The van der Waals surface area contributed by atoms with E-state index in [1.54, 1.807) is 41.5 Å². The van der Waals surface area contributed by atoms with Crippen molar-refractivity contribution in [3.63, 3.8) is 0 Å². The second-order valence-corrected chi connectivity index (χ2v) is 11.4. The minimum Gasteiger partial charge on any atom is -0.444 e. The summed E-state index contributed by atoms with van der Waals surface area (Å²) >= 11 is 0. The van der Waals surface area contributed by atoms with Gasteiger partial charge in [-0.2, -0.15) is 0 Å². The first kappa shape index (κ1) is 45.0. The molecular weight excluding hydrogens is 604 g/mol. The van der Waals surface area contributed by atoms with Gasteiger partial charge in [0.05, 0.1) is 52.9 Å². The molecule has 0 aromatic heterocycles. The lowest BCUT2D eigenvalue weighted by Crippen LogP contribution is -2.39. The van der Waals surface area contributed by atoms with Crippen molar-refractivity contribution >= 4 is 24.2 Å². The highest BCUT2D eigenvalue weighted by atomic mass is 16.6. The summed E-state index contributed by atoms with van der Waals surface area (Å²) in [5.74, 6) is 0. The van der Waals surface area contributed by atoms with Crippen molar-refractivity contribution in [2.75, 3.05) is 92.1 Å². The van der Waals surface area contributed by atoms with Gasteiger partial charge in [-0.1, -0.05) is 13.8 Å². The van der Waals surface area contributed by atoms with Crippen LogP contribution in [0.1, 0.15) is 68.2 Å². The highest BCUT2D eigenvalue weighted by molar-refractivity contribution is 5.74. The van der Waals surface area contributed by atoms with Crippen LogP contribution in [0.2, 0.25) is 0 Å². The minimum absolute atomic E-state index is 0.286. The van der Waals surface area contributed by atoms with Gasteiger partial charge in [0.2, 0.25) is 0 Å². The lowest BCUT2D eigenvalue weighted by atomic mass is 10.2. The van der Waals surface area contributed by atoms with Crippen LogP contribution < -0.4 is 31.9 Å². The Labute approximate surface area is 275 Å². The number of nitrogens with one attached hydrogen (secondary N) is 6. The molecule has 0 saturated carbocycles. The van der Waals surface area contributed by atoms with E-state index in [2.05, 4.69) is 31.9 Å². The molecule has 0 heterocycles. The molecule has 6 amide bonds. The van der Waals surface area contributed by atoms with Gasteiger partial charge in [0.1, 0.15) is 11.2 Å². The third kappa shape index (κ3) is 37.1. The van der Waals surface area contributed by atoms with Gasteiger partial charge in [0.25, 0.3) is 0 Å². The molecule has 6 N–H and O–H groups in total. The lowest BCUT2D eigenvalue weighted by Gasteiger charge is -2.19. The van der Waals surface area contributed by atoms with E-state index in [1.165, 1.54) is 0 Å². The van der Waals surface area contributed by atoms with Crippen LogP contribution in [-0.4, -0.2) is 128 Å².